The van der Waals surface area contributed by atoms with Gasteiger partial charge < -0.3 is 47.4 Å². The number of hydrogen-bond acceptors (Lipinski definition) is 14. The molecule has 0 radical (unpaired) electrons. The fraction of sp³-hybridized carbons (Fsp3) is 0.626. The molecule has 21 heteroatoms. The van der Waals surface area contributed by atoms with E-state index in [0.29, 0.717) is 135 Å². The first-order valence-corrected chi connectivity index (χ1v) is 52.8. The Balaban J connectivity index is 0.000000174. The van der Waals surface area contributed by atoms with Gasteiger partial charge in [-0.25, -0.2) is 25.9 Å². The summed E-state index contributed by atoms with van der Waals surface area (Å²) in [5.41, 5.74) is 23.4. The molecule has 708 valence electrons. The van der Waals surface area contributed by atoms with Crippen LogP contribution in [0.4, 0.5) is 0 Å². The quantitative estimate of drug-likeness (QED) is 0.0222. The lowest BCUT2D eigenvalue weighted by atomic mass is 9.83. The lowest BCUT2D eigenvalue weighted by Gasteiger charge is -2.26. The summed E-state index contributed by atoms with van der Waals surface area (Å²) in [7, 11) is -2.70. The molecule has 0 spiro atoms. The van der Waals surface area contributed by atoms with Crippen LogP contribution >= 0.6 is 0 Å². The smallest absolute Gasteiger partial charge is 0.226 e. The number of piperidine rings is 6. The Morgan fingerprint density at radius 2 is 0.641 bits per heavy atom. The Bertz CT molecular complexity index is 4600. The van der Waals surface area contributed by atoms with Crippen molar-refractivity contribution in [2.75, 3.05) is 112 Å². The number of hydrogen-bond donors (Lipinski definition) is 9. The molecule has 7 saturated heterocycles. The average molecular weight is 1800 g/mol. The summed E-state index contributed by atoms with van der Waals surface area (Å²) >= 11 is 0. The molecule has 0 bridgehead atoms. The largest absolute Gasteiger partial charge is 0.352 e. The molecule has 7 aliphatic heterocycles. The topological polar surface area (TPSA) is 251 Å². The first-order chi connectivity index (χ1) is 61.2. The number of sulfonamides is 2. The fourth-order valence-electron chi connectivity index (χ4n) is 19.0. The van der Waals surface area contributed by atoms with Crippen molar-refractivity contribution in [3.63, 3.8) is 0 Å². The van der Waals surface area contributed by atoms with Crippen LogP contribution in [0.2, 0.25) is 0 Å². The van der Waals surface area contributed by atoms with E-state index in [1.54, 1.807) is 16.1 Å². The number of likely N-dealkylation sites (N-methyl/N-ethyl adjacent to an activating group) is 1. The van der Waals surface area contributed by atoms with E-state index in [0.717, 1.165) is 141 Å². The molecular formula is C107H165N11O8S2. The zero-order chi connectivity index (χ0) is 92.6. The molecule has 19 nitrogen and oxygen atoms in total. The molecule has 7 heterocycles. The number of nitrogens with zero attached hydrogens (tertiary/aromatic N) is 2. The van der Waals surface area contributed by atoms with E-state index in [1.165, 1.54) is 147 Å². The number of ketones is 1. The standard InChI is InChI=1S/C19H30N2O2S.C19H27NO.2C18H28N2O.C17H26N2O.C16H26N2O2S/c1-15(2)17-5-6-19(16-7-9-20-10-8-16)18(13-17)14-24(22,23)21-11-3-4-12-21;1-13(2)16-5-6-18(14-7-9-20-10-8-14)17(11-16)12-19(21)15-3-4-15;1-13(2)15-5-6-17(14-7-9-19-10-8-14)16(11-15)12-18(21)20(3)4;1-4-18(21)20-12-16-11-15(13(2)3)5-6-17(16)14-7-9-19-10-8-14;1-12(2)15-4-5-17(14-6-8-18-9-7-14)16(10-15)11-19-13(3)20;1-12(2)14-4-5-16(13-6-8-17-9-7-13)15(10-14)11-18-21(3,19)20/h5-6,13,15-16,20H,3-4,7-12,14H2,1-2H3;5-6,11,13-15,20H,3-4,7-10,12H2,1-2H3;5-6,11,13-14,19H,7-10,12H2,1-4H3;5-6,11,13-14,19H,4,7-10,12H2,1-3H3,(H,20,21);4-5,10,12,14,18H,6-9,11H2,1-3H3,(H,19,20);4-5,10,12-13,17-18H,6-9,11H2,1-3H3. The van der Waals surface area contributed by atoms with Gasteiger partial charge in [-0.1, -0.05) is 199 Å². The van der Waals surface area contributed by atoms with Gasteiger partial charge in [-0.3, -0.25) is 19.2 Å². The van der Waals surface area contributed by atoms with Crippen LogP contribution in [0.25, 0.3) is 0 Å². The second kappa shape index (κ2) is 52.4. The fourth-order valence-corrected chi connectivity index (χ4v) is 21.1. The highest BCUT2D eigenvalue weighted by molar-refractivity contribution is 7.88. The second-order valence-electron chi connectivity index (χ2n) is 39.7. The Labute approximate surface area is 773 Å². The Morgan fingerprint density at radius 3 is 0.914 bits per heavy atom. The van der Waals surface area contributed by atoms with Gasteiger partial charge in [-0.2, -0.15) is 0 Å². The summed E-state index contributed by atoms with van der Waals surface area (Å²) in [6, 6.07) is 40.4. The predicted octanol–water partition coefficient (Wildman–Crippen LogP) is 18.5. The first kappa shape index (κ1) is 105. The van der Waals surface area contributed by atoms with Crippen LogP contribution in [-0.4, -0.2) is 162 Å². The molecule has 1 aliphatic carbocycles. The number of amides is 3. The van der Waals surface area contributed by atoms with Crippen molar-refractivity contribution in [2.45, 2.75) is 315 Å². The number of rotatable bonds is 28. The summed E-state index contributed by atoms with van der Waals surface area (Å²) < 4.78 is 52.8. The molecule has 6 aromatic carbocycles. The number of carbonyl (C=O) groups excluding carboxylic acids is 4. The Kier molecular flexibility index (Phi) is 42.9. The predicted molar refractivity (Wildman–Crippen MR) is 531 cm³/mol. The molecule has 9 N–H and O–H groups in total. The molecule has 8 aliphatic rings. The number of nitrogens with one attached hydrogen (secondary N) is 9. The molecule has 8 fully saturated rings. The lowest BCUT2D eigenvalue weighted by molar-refractivity contribution is -0.128. The lowest BCUT2D eigenvalue weighted by Crippen LogP contribution is -2.30. The van der Waals surface area contributed by atoms with Crippen LogP contribution in [0.15, 0.2) is 109 Å². The Hall–Kier alpha value is -7.02. The van der Waals surface area contributed by atoms with Gasteiger partial charge in [0.1, 0.15) is 5.78 Å². The minimum Gasteiger partial charge on any atom is -0.352 e. The van der Waals surface area contributed by atoms with Gasteiger partial charge in [0.2, 0.25) is 37.8 Å². The van der Waals surface area contributed by atoms with Crippen LogP contribution in [0.3, 0.4) is 0 Å². The van der Waals surface area contributed by atoms with E-state index in [2.05, 4.69) is 240 Å². The van der Waals surface area contributed by atoms with Crippen LogP contribution in [-0.2, 0) is 77.5 Å². The second-order valence-corrected chi connectivity index (χ2v) is 43.5. The van der Waals surface area contributed by atoms with Crippen LogP contribution < -0.4 is 47.3 Å². The number of benzene rings is 6. The number of carbonyl (C=O) groups is 4. The first-order valence-electron chi connectivity index (χ1n) is 49.3. The maximum Gasteiger partial charge on any atom is 0.226 e. The van der Waals surface area contributed by atoms with E-state index < -0.39 is 20.0 Å². The molecule has 0 unspecified atom stereocenters. The molecule has 1 saturated carbocycles. The van der Waals surface area contributed by atoms with Crippen molar-refractivity contribution in [1.29, 1.82) is 0 Å². The summed E-state index contributed by atoms with van der Waals surface area (Å²) in [5, 5.41) is 26.5. The molecule has 3 amide bonds. The van der Waals surface area contributed by atoms with Crippen molar-refractivity contribution in [3.05, 3.63) is 209 Å². The Morgan fingerprint density at radius 1 is 0.375 bits per heavy atom. The molecule has 6 aromatic rings. The maximum absolute atomic E-state index is 12.8. The normalized spacial score (nSPS) is 17.9. The molecule has 0 aromatic heterocycles. The molecule has 128 heavy (non-hydrogen) atoms. The maximum atomic E-state index is 12.8. The van der Waals surface area contributed by atoms with E-state index in [-0.39, 0.29) is 23.5 Å². The van der Waals surface area contributed by atoms with Gasteiger partial charge >= 0.3 is 0 Å². The third kappa shape index (κ3) is 33.6. The van der Waals surface area contributed by atoms with Gasteiger partial charge in [-0.05, 0) is 352 Å². The highest BCUT2D eigenvalue weighted by Gasteiger charge is 2.33. The summed E-state index contributed by atoms with van der Waals surface area (Å²) in [6.45, 7) is 45.8. The van der Waals surface area contributed by atoms with E-state index >= 15 is 0 Å². The van der Waals surface area contributed by atoms with Gasteiger partial charge in [0, 0.05) is 72.5 Å². The van der Waals surface area contributed by atoms with Crippen molar-refractivity contribution < 1.29 is 36.0 Å². The van der Waals surface area contributed by atoms with Crippen LogP contribution in [0.1, 0.15) is 377 Å². The minimum atomic E-state index is -3.20. The molecule has 0 atom stereocenters. The van der Waals surface area contributed by atoms with E-state index in [9.17, 15) is 36.0 Å². The highest BCUT2D eigenvalue weighted by atomic mass is 32.2. The average Bonchev–Trinajstić information content (AvgIpc) is 1.32. The third-order valence-corrected chi connectivity index (χ3v) is 30.1. The van der Waals surface area contributed by atoms with Gasteiger partial charge in [0.25, 0.3) is 0 Å². The third-order valence-electron chi connectivity index (χ3n) is 27.6. The van der Waals surface area contributed by atoms with Crippen molar-refractivity contribution in [2.24, 2.45) is 5.92 Å². The molecular weight excluding hydrogens is 1630 g/mol. The zero-order valence-corrected chi connectivity index (χ0v) is 83.2. The minimum absolute atomic E-state index is 0.0382. The highest BCUT2D eigenvalue weighted by Crippen LogP contribution is 2.39. The van der Waals surface area contributed by atoms with Gasteiger partial charge in [-0.15, -0.1) is 0 Å². The van der Waals surface area contributed by atoms with Crippen molar-refractivity contribution in [3.8, 4) is 0 Å². The molecule has 14 rings (SSSR count). The van der Waals surface area contributed by atoms with E-state index in [1.807, 2.05) is 21.0 Å². The SMILES string of the molecule is CC(=O)NCc1cc(C(C)C)ccc1C1CCNCC1.CC(C)c1ccc(C2CCNCC2)c(CC(=O)C2CC2)c1.CC(C)c1ccc(C2CCNCC2)c(CC(=O)N(C)C)c1.CC(C)c1ccc(C2CCNCC2)c(CNS(C)(=O)=O)c1.CC(C)c1ccc(C2CCNCC2)c(CS(=O)(=O)N2CCCC2)c1.CCC(=O)NCc1cc(C(C)C)ccc1C1CCNCC1. The van der Waals surface area contributed by atoms with E-state index in [4.69, 9.17) is 0 Å². The zero-order valence-electron chi connectivity index (χ0n) is 81.5. The van der Waals surface area contributed by atoms with Crippen molar-refractivity contribution >= 4 is 43.6 Å². The van der Waals surface area contributed by atoms with Crippen LogP contribution in [0.5, 0.6) is 0 Å². The monoisotopic (exact) mass is 1800 g/mol. The van der Waals surface area contributed by atoms with Crippen molar-refractivity contribution in [1.82, 2.24) is 56.5 Å². The summed E-state index contributed by atoms with van der Waals surface area (Å²) in [4.78, 5) is 48.9. The van der Waals surface area contributed by atoms with Gasteiger partial charge in [0.15, 0.2) is 0 Å². The number of Topliss-reactive ketones (excluding diaryl/α,β-unsaturated/α-hetero) is 1. The van der Waals surface area contributed by atoms with Crippen LogP contribution in [0, 0.1) is 5.92 Å². The summed E-state index contributed by atoms with van der Waals surface area (Å²) in [5.74, 6) is 7.78. The van der Waals surface area contributed by atoms with Gasteiger partial charge in [0.05, 0.1) is 18.4 Å². The summed E-state index contributed by atoms with van der Waals surface area (Å²) in [6.07, 6.45) is 21.1.